The van der Waals surface area contributed by atoms with Gasteiger partial charge in [-0.25, -0.2) is 0 Å². The van der Waals surface area contributed by atoms with E-state index in [1.165, 1.54) is 6.42 Å². The molecule has 1 aliphatic rings. The molecule has 1 aliphatic heterocycles. The number of carbonyl (C=O) groups is 1. The maximum absolute atomic E-state index is 12.3. The maximum Gasteiger partial charge on any atom is 0.228 e. The van der Waals surface area contributed by atoms with Crippen LogP contribution in [0.1, 0.15) is 25.5 Å². The van der Waals surface area contributed by atoms with E-state index in [4.69, 9.17) is 4.52 Å². The Kier molecular flexibility index (Phi) is 4.04. The van der Waals surface area contributed by atoms with Gasteiger partial charge in [0.25, 0.3) is 0 Å². The molecule has 1 aromatic heterocycles. The Labute approximate surface area is 124 Å². The minimum absolute atomic E-state index is 0.148. The van der Waals surface area contributed by atoms with E-state index >= 15 is 0 Å². The van der Waals surface area contributed by atoms with Gasteiger partial charge in [-0.2, -0.15) is 0 Å². The molecule has 2 heterocycles. The van der Waals surface area contributed by atoms with Gasteiger partial charge in [0.2, 0.25) is 5.91 Å². The van der Waals surface area contributed by atoms with E-state index in [0.717, 1.165) is 25.1 Å². The maximum atomic E-state index is 12.3. The second kappa shape index (κ2) is 6.12. The third-order valence-corrected chi connectivity index (χ3v) is 3.96. The summed E-state index contributed by atoms with van der Waals surface area (Å²) < 4.78 is 5.34. The summed E-state index contributed by atoms with van der Waals surface area (Å²) in [5.41, 5.74) is 1.69. The van der Waals surface area contributed by atoms with Crippen molar-refractivity contribution < 1.29 is 9.32 Å². The minimum atomic E-state index is 0.148. The molecular weight excluding hydrogens is 264 g/mol. The third-order valence-electron chi connectivity index (χ3n) is 3.96. The number of carbonyl (C=O) groups excluding carboxylic acids is 1. The average molecular weight is 284 g/mol. The van der Waals surface area contributed by atoms with Gasteiger partial charge in [0.05, 0.1) is 12.1 Å². The van der Waals surface area contributed by atoms with Crippen LogP contribution in [0, 0.1) is 5.92 Å². The highest BCUT2D eigenvalue weighted by molar-refractivity contribution is 5.78. The lowest BCUT2D eigenvalue weighted by Gasteiger charge is -2.30. The van der Waals surface area contributed by atoms with E-state index in [1.54, 1.807) is 0 Å². The van der Waals surface area contributed by atoms with Crippen LogP contribution in [0.4, 0.5) is 0 Å². The van der Waals surface area contributed by atoms with Crippen molar-refractivity contribution in [1.29, 1.82) is 0 Å². The van der Waals surface area contributed by atoms with Gasteiger partial charge < -0.3 is 9.42 Å². The van der Waals surface area contributed by atoms with Crippen molar-refractivity contribution in [1.82, 2.24) is 10.1 Å². The summed E-state index contributed by atoms with van der Waals surface area (Å²) in [6.07, 6.45) is 2.63. The predicted molar refractivity (Wildman–Crippen MR) is 80.6 cm³/mol. The molecule has 1 amide bonds. The summed E-state index contributed by atoms with van der Waals surface area (Å²) in [4.78, 5) is 14.3. The smallest absolute Gasteiger partial charge is 0.228 e. The van der Waals surface area contributed by atoms with Crippen molar-refractivity contribution in [3.8, 4) is 11.3 Å². The molecule has 0 saturated carbocycles. The second-order valence-corrected chi connectivity index (χ2v) is 5.81. The zero-order valence-electron chi connectivity index (χ0n) is 12.3. The Bertz CT molecular complexity index is 606. The zero-order chi connectivity index (χ0) is 14.7. The van der Waals surface area contributed by atoms with Crippen LogP contribution >= 0.6 is 0 Å². The fourth-order valence-corrected chi connectivity index (χ4v) is 2.82. The second-order valence-electron chi connectivity index (χ2n) is 5.81. The Morgan fingerprint density at radius 2 is 2.19 bits per heavy atom. The van der Waals surface area contributed by atoms with Gasteiger partial charge >= 0.3 is 0 Å². The van der Waals surface area contributed by atoms with Gasteiger partial charge in [-0.15, -0.1) is 0 Å². The molecule has 1 atom stereocenters. The van der Waals surface area contributed by atoms with Crippen molar-refractivity contribution in [2.24, 2.45) is 5.92 Å². The first-order chi connectivity index (χ1) is 10.2. The van der Waals surface area contributed by atoms with Gasteiger partial charge in [0, 0.05) is 24.7 Å². The van der Waals surface area contributed by atoms with Gasteiger partial charge in [-0.05, 0) is 18.8 Å². The van der Waals surface area contributed by atoms with Gasteiger partial charge in [-0.3, -0.25) is 4.79 Å². The molecule has 4 nitrogen and oxygen atoms in total. The Hall–Kier alpha value is -2.10. The average Bonchev–Trinajstić information content (AvgIpc) is 2.97. The number of amides is 1. The zero-order valence-corrected chi connectivity index (χ0v) is 12.3. The third kappa shape index (κ3) is 3.32. The van der Waals surface area contributed by atoms with Crippen molar-refractivity contribution in [2.45, 2.75) is 26.2 Å². The van der Waals surface area contributed by atoms with Crippen LogP contribution in [0.25, 0.3) is 11.3 Å². The summed E-state index contributed by atoms with van der Waals surface area (Å²) in [5, 5.41) is 4.02. The van der Waals surface area contributed by atoms with Crippen LogP contribution in [0.15, 0.2) is 40.9 Å². The molecule has 0 N–H and O–H groups in total. The van der Waals surface area contributed by atoms with E-state index < -0.39 is 0 Å². The summed E-state index contributed by atoms with van der Waals surface area (Å²) in [6.45, 7) is 3.93. The predicted octanol–water partition coefficient (Wildman–Crippen LogP) is 3.14. The molecule has 110 valence electrons. The van der Waals surface area contributed by atoms with Gasteiger partial charge in [-0.1, -0.05) is 42.4 Å². The van der Waals surface area contributed by atoms with Crippen LogP contribution in [0.3, 0.4) is 0 Å². The first-order valence-electron chi connectivity index (χ1n) is 7.51. The number of hydrogen-bond donors (Lipinski definition) is 0. The highest BCUT2D eigenvalue weighted by Gasteiger charge is 2.22. The molecular formula is C17H20N2O2. The number of nitrogens with zero attached hydrogens (tertiary/aromatic N) is 2. The van der Waals surface area contributed by atoms with Crippen LogP contribution in [0.5, 0.6) is 0 Å². The van der Waals surface area contributed by atoms with Crippen LogP contribution < -0.4 is 0 Å². The lowest BCUT2D eigenvalue weighted by Crippen LogP contribution is -2.39. The summed E-state index contributed by atoms with van der Waals surface area (Å²) in [6, 6.07) is 11.7. The number of benzene rings is 1. The van der Waals surface area contributed by atoms with Crippen LogP contribution in [0.2, 0.25) is 0 Å². The van der Waals surface area contributed by atoms with E-state index in [-0.39, 0.29) is 5.91 Å². The minimum Gasteiger partial charge on any atom is -0.356 e. The first kappa shape index (κ1) is 13.9. The normalized spacial score (nSPS) is 18.7. The Morgan fingerprint density at radius 1 is 1.38 bits per heavy atom. The Balaban J connectivity index is 1.66. The number of piperidine rings is 1. The topological polar surface area (TPSA) is 46.3 Å². The molecule has 0 aliphatic carbocycles. The highest BCUT2D eigenvalue weighted by Crippen LogP contribution is 2.21. The van der Waals surface area contributed by atoms with Gasteiger partial charge in [0.1, 0.15) is 0 Å². The van der Waals surface area contributed by atoms with E-state index in [9.17, 15) is 4.79 Å². The molecule has 1 fully saturated rings. The molecule has 1 saturated heterocycles. The summed E-state index contributed by atoms with van der Waals surface area (Å²) in [5.74, 6) is 1.46. The largest absolute Gasteiger partial charge is 0.356 e. The Morgan fingerprint density at radius 3 is 2.95 bits per heavy atom. The van der Waals surface area contributed by atoms with E-state index in [1.807, 2.05) is 41.3 Å². The first-order valence-corrected chi connectivity index (χ1v) is 7.51. The summed E-state index contributed by atoms with van der Waals surface area (Å²) >= 11 is 0. The van der Waals surface area contributed by atoms with Crippen molar-refractivity contribution >= 4 is 5.91 Å². The molecule has 0 spiro atoms. The molecule has 0 unspecified atom stereocenters. The standard InChI is InChI=1S/C17H20N2O2/c1-13-6-5-9-19(12-13)17(20)11-15-10-16(21-18-15)14-7-3-2-4-8-14/h2-4,7-8,10,13H,5-6,9,11-12H2,1H3/t13-/m0/s1. The van der Waals surface area contributed by atoms with Crippen molar-refractivity contribution in [3.63, 3.8) is 0 Å². The number of aromatic nitrogens is 1. The number of hydrogen-bond acceptors (Lipinski definition) is 3. The SMILES string of the molecule is C[C@H]1CCCN(C(=O)Cc2cc(-c3ccccc3)on2)C1. The quantitative estimate of drug-likeness (QED) is 0.870. The number of rotatable bonds is 3. The van der Waals surface area contributed by atoms with Crippen LogP contribution in [-0.2, 0) is 11.2 Å². The van der Waals surface area contributed by atoms with Crippen molar-refractivity contribution in [2.75, 3.05) is 13.1 Å². The molecule has 4 heteroatoms. The van der Waals surface area contributed by atoms with E-state index in [2.05, 4.69) is 12.1 Å². The lowest BCUT2D eigenvalue weighted by atomic mass is 10.00. The highest BCUT2D eigenvalue weighted by atomic mass is 16.5. The molecule has 2 aromatic rings. The lowest BCUT2D eigenvalue weighted by molar-refractivity contribution is -0.132. The van der Waals surface area contributed by atoms with Crippen molar-refractivity contribution in [3.05, 3.63) is 42.1 Å². The fourth-order valence-electron chi connectivity index (χ4n) is 2.82. The molecule has 3 rings (SSSR count). The summed E-state index contributed by atoms with van der Waals surface area (Å²) in [7, 11) is 0. The van der Waals surface area contributed by atoms with E-state index in [0.29, 0.717) is 23.8 Å². The molecule has 21 heavy (non-hydrogen) atoms. The number of likely N-dealkylation sites (tertiary alicyclic amines) is 1. The molecule has 0 bridgehead atoms. The molecule has 1 aromatic carbocycles. The van der Waals surface area contributed by atoms with Gasteiger partial charge in [0.15, 0.2) is 5.76 Å². The molecule has 0 radical (unpaired) electrons. The fraction of sp³-hybridized carbons (Fsp3) is 0.412. The monoisotopic (exact) mass is 284 g/mol. The van der Waals surface area contributed by atoms with Crippen LogP contribution in [-0.4, -0.2) is 29.1 Å².